The molecule has 0 spiro atoms. The fraction of sp³-hybridized carbons (Fsp3) is 0.548. The molecular weight excluding hydrogens is 596 g/mol. The minimum Gasteiger partial charge on any atom is -0.481 e. The van der Waals surface area contributed by atoms with Gasteiger partial charge in [-0.15, -0.1) is 0 Å². The second-order valence-electron chi connectivity index (χ2n) is 11.3. The molecule has 0 bridgehead atoms. The number of rotatable bonds is 16. The Morgan fingerprint density at radius 3 is 1.52 bits per heavy atom. The van der Waals surface area contributed by atoms with Gasteiger partial charge in [0.2, 0.25) is 5.91 Å². The standard InChI is InChI=1S/C31H46N8O7/c40-28(34-10-12-39(21-26-5-1-3-8-32-26)22-27-6-2-4-9-33-27)23-36-15-13-35(11-7-29(41)42)14-16-37(24-30(43)44)19-20-38(18-17-36)25-31(45)46/h1-6,8-9H,7,10-25H2,(H,34,40)(H,41,42)(H,43,44)(H,45,46). The van der Waals surface area contributed by atoms with E-state index in [2.05, 4.69) is 20.2 Å². The highest BCUT2D eigenvalue weighted by atomic mass is 16.4. The van der Waals surface area contributed by atoms with Gasteiger partial charge in [0.05, 0.1) is 37.4 Å². The van der Waals surface area contributed by atoms with Crippen LogP contribution < -0.4 is 5.32 Å². The smallest absolute Gasteiger partial charge is 0.317 e. The molecule has 0 aromatic carbocycles. The number of pyridine rings is 2. The summed E-state index contributed by atoms with van der Waals surface area (Å²) in [5.74, 6) is -3.06. The zero-order valence-corrected chi connectivity index (χ0v) is 26.2. The van der Waals surface area contributed by atoms with Gasteiger partial charge in [-0.2, -0.15) is 0 Å². The van der Waals surface area contributed by atoms with Crippen LogP contribution in [0.25, 0.3) is 0 Å². The molecule has 0 saturated carbocycles. The highest BCUT2D eigenvalue weighted by Gasteiger charge is 2.21. The van der Waals surface area contributed by atoms with Crippen LogP contribution in [0.4, 0.5) is 0 Å². The van der Waals surface area contributed by atoms with Gasteiger partial charge in [0.1, 0.15) is 0 Å². The fourth-order valence-corrected chi connectivity index (χ4v) is 5.18. The number of aliphatic carboxylic acids is 3. The lowest BCUT2D eigenvalue weighted by Crippen LogP contribution is -2.49. The Balaban J connectivity index is 1.62. The van der Waals surface area contributed by atoms with E-state index in [1.54, 1.807) is 22.2 Å². The minimum absolute atomic E-state index is 0.0562. The van der Waals surface area contributed by atoms with Gasteiger partial charge in [0.15, 0.2) is 0 Å². The Labute approximate surface area is 269 Å². The van der Waals surface area contributed by atoms with Crippen molar-refractivity contribution in [3.05, 3.63) is 60.2 Å². The molecule has 3 rings (SSSR count). The van der Waals surface area contributed by atoms with Crippen molar-refractivity contribution < 1.29 is 34.5 Å². The van der Waals surface area contributed by atoms with Gasteiger partial charge in [-0.3, -0.25) is 48.7 Å². The summed E-state index contributed by atoms with van der Waals surface area (Å²) < 4.78 is 0. The molecule has 0 atom stereocenters. The van der Waals surface area contributed by atoms with Crippen molar-refractivity contribution in [3.63, 3.8) is 0 Å². The number of amides is 1. The minimum atomic E-state index is -0.984. The predicted molar refractivity (Wildman–Crippen MR) is 169 cm³/mol. The monoisotopic (exact) mass is 642 g/mol. The van der Waals surface area contributed by atoms with Gasteiger partial charge in [-0.25, -0.2) is 0 Å². The normalized spacial score (nSPS) is 16.4. The number of nitrogens with zero attached hydrogens (tertiary/aromatic N) is 7. The van der Waals surface area contributed by atoms with Crippen molar-refractivity contribution in [2.75, 3.05) is 91.6 Å². The molecule has 0 unspecified atom stereocenters. The SMILES string of the molecule is O=C(O)CCN1CCN(CC(=O)O)CCN(CC(=O)O)CCN(CC(=O)NCCN(Cc2ccccn2)Cc2ccccn2)CC1. The van der Waals surface area contributed by atoms with Crippen LogP contribution >= 0.6 is 0 Å². The molecular formula is C31H46N8O7. The van der Waals surface area contributed by atoms with Crippen LogP contribution in [-0.4, -0.2) is 165 Å². The first-order valence-corrected chi connectivity index (χ1v) is 15.5. The second kappa shape index (κ2) is 20.2. The van der Waals surface area contributed by atoms with Crippen LogP contribution in [0.5, 0.6) is 0 Å². The molecule has 2 aromatic rings. The first kappa shape index (κ1) is 36.4. The summed E-state index contributed by atoms with van der Waals surface area (Å²) >= 11 is 0. The van der Waals surface area contributed by atoms with Crippen molar-refractivity contribution in [2.24, 2.45) is 0 Å². The van der Waals surface area contributed by atoms with Crippen LogP contribution in [0, 0.1) is 0 Å². The van der Waals surface area contributed by atoms with Crippen LogP contribution in [0.15, 0.2) is 48.8 Å². The van der Waals surface area contributed by atoms with Gasteiger partial charge >= 0.3 is 17.9 Å². The fourth-order valence-electron chi connectivity index (χ4n) is 5.18. The summed E-state index contributed by atoms with van der Waals surface area (Å²) in [5, 5.41) is 31.1. The molecule has 1 saturated heterocycles. The summed E-state index contributed by atoms with van der Waals surface area (Å²) in [6.45, 7) is 5.40. The van der Waals surface area contributed by atoms with Crippen molar-refractivity contribution in [3.8, 4) is 0 Å². The molecule has 0 aliphatic carbocycles. The summed E-state index contributed by atoms with van der Waals surface area (Å²) in [6.07, 6.45) is 3.44. The largest absolute Gasteiger partial charge is 0.481 e. The Kier molecular flexibility index (Phi) is 16.0. The Morgan fingerprint density at radius 2 is 1.11 bits per heavy atom. The topological polar surface area (TPSA) is 183 Å². The van der Waals surface area contributed by atoms with Crippen LogP contribution in [-0.2, 0) is 32.3 Å². The van der Waals surface area contributed by atoms with E-state index in [-0.39, 0.29) is 32.0 Å². The van der Waals surface area contributed by atoms with E-state index in [1.165, 1.54) is 0 Å². The molecule has 1 aliphatic rings. The van der Waals surface area contributed by atoms with Gasteiger partial charge in [-0.05, 0) is 24.3 Å². The van der Waals surface area contributed by atoms with E-state index in [0.29, 0.717) is 85.1 Å². The third kappa shape index (κ3) is 15.3. The number of carboxylic acids is 3. The lowest BCUT2D eigenvalue weighted by molar-refractivity contribution is -0.140. The molecule has 15 nitrogen and oxygen atoms in total. The first-order valence-electron chi connectivity index (χ1n) is 15.5. The van der Waals surface area contributed by atoms with E-state index in [4.69, 9.17) is 0 Å². The summed E-state index contributed by atoms with van der Waals surface area (Å²) in [6, 6.07) is 11.5. The number of carbonyl (C=O) groups is 4. The molecule has 1 fully saturated rings. The van der Waals surface area contributed by atoms with Crippen LogP contribution in [0.2, 0.25) is 0 Å². The molecule has 0 radical (unpaired) electrons. The molecule has 2 aromatic heterocycles. The van der Waals surface area contributed by atoms with Gasteiger partial charge in [-0.1, -0.05) is 12.1 Å². The van der Waals surface area contributed by atoms with Crippen molar-refractivity contribution >= 4 is 23.8 Å². The summed E-state index contributed by atoms with van der Waals surface area (Å²) in [4.78, 5) is 65.8. The molecule has 46 heavy (non-hydrogen) atoms. The van der Waals surface area contributed by atoms with Gasteiger partial charge in [0.25, 0.3) is 0 Å². The number of hydrogen-bond acceptors (Lipinski definition) is 11. The average Bonchev–Trinajstić information content (AvgIpc) is 3.01. The molecule has 3 heterocycles. The third-order valence-corrected chi connectivity index (χ3v) is 7.63. The summed E-state index contributed by atoms with van der Waals surface area (Å²) in [5.41, 5.74) is 1.82. The lowest BCUT2D eigenvalue weighted by Gasteiger charge is -2.33. The van der Waals surface area contributed by atoms with Crippen LogP contribution in [0.3, 0.4) is 0 Å². The number of carboxylic acid groups (broad SMARTS) is 3. The number of hydrogen-bond donors (Lipinski definition) is 4. The van der Waals surface area contributed by atoms with E-state index in [1.807, 2.05) is 46.2 Å². The van der Waals surface area contributed by atoms with E-state index >= 15 is 0 Å². The van der Waals surface area contributed by atoms with Crippen molar-refractivity contribution in [2.45, 2.75) is 19.5 Å². The zero-order valence-electron chi connectivity index (χ0n) is 26.2. The number of carbonyl (C=O) groups excluding carboxylic acids is 1. The third-order valence-electron chi connectivity index (χ3n) is 7.63. The Bertz CT molecular complexity index is 1180. The van der Waals surface area contributed by atoms with E-state index < -0.39 is 17.9 Å². The highest BCUT2D eigenvalue weighted by Crippen LogP contribution is 2.07. The maximum absolute atomic E-state index is 13.1. The lowest BCUT2D eigenvalue weighted by atomic mass is 10.3. The van der Waals surface area contributed by atoms with Crippen molar-refractivity contribution in [1.82, 2.24) is 39.8 Å². The van der Waals surface area contributed by atoms with E-state index in [0.717, 1.165) is 11.4 Å². The number of nitrogens with one attached hydrogen (secondary N) is 1. The predicted octanol–water partition coefficient (Wildman–Crippen LogP) is -0.539. The zero-order chi connectivity index (χ0) is 33.1. The van der Waals surface area contributed by atoms with Crippen molar-refractivity contribution in [1.29, 1.82) is 0 Å². The average molecular weight is 643 g/mol. The first-order chi connectivity index (χ1) is 22.2. The number of aromatic nitrogens is 2. The quantitative estimate of drug-likeness (QED) is 0.183. The van der Waals surface area contributed by atoms with E-state index in [9.17, 15) is 34.5 Å². The maximum Gasteiger partial charge on any atom is 0.317 e. The Morgan fingerprint density at radius 1 is 0.652 bits per heavy atom. The maximum atomic E-state index is 13.1. The van der Waals surface area contributed by atoms with Gasteiger partial charge in [0, 0.05) is 97.5 Å². The van der Waals surface area contributed by atoms with Crippen LogP contribution in [0.1, 0.15) is 17.8 Å². The molecule has 1 aliphatic heterocycles. The second-order valence-corrected chi connectivity index (χ2v) is 11.3. The molecule has 15 heteroatoms. The molecule has 1 amide bonds. The molecule has 252 valence electrons. The molecule has 4 N–H and O–H groups in total. The van der Waals surface area contributed by atoms with Gasteiger partial charge < -0.3 is 25.5 Å². The highest BCUT2D eigenvalue weighted by molar-refractivity contribution is 5.78. The summed E-state index contributed by atoms with van der Waals surface area (Å²) in [7, 11) is 0. The Hall–Kier alpha value is -4.02.